The molecule has 0 aromatic carbocycles. The van der Waals surface area contributed by atoms with Crippen LogP contribution in [0.3, 0.4) is 0 Å². The number of aromatic nitrogens is 2. The van der Waals surface area contributed by atoms with Gasteiger partial charge in [-0.2, -0.15) is 0 Å². The van der Waals surface area contributed by atoms with Gasteiger partial charge in [-0.3, -0.25) is 0 Å². The normalized spacial score (nSPS) is 12.5. The van der Waals surface area contributed by atoms with Crippen molar-refractivity contribution < 1.29 is 4.39 Å². The molecule has 1 aromatic rings. The third kappa shape index (κ3) is 4.03. The molecule has 1 rings (SSSR count). The maximum Gasteiger partial charge on any atom is 0.224 e. The van der Waals surface area contributed by atoms with E-state index in [1.54, 1.807) is 12.3 Å². The van der Waals surface area contributed by atoms with Crippen molar-refractivity contribution in [3.05, 3.63) is 17.5 Å². The van der Waals surface area contributed by atoms with Gasteiger partial charge in [0, 0.05) is 12.7 Å². The van der Waals surface area contributed by atoms with Crippen molar-refractivity contribution in [3.8, 4) is 0 Å². The molecule has 0 aliphatic heterocycles. The zero-order valence-corrected chi connectivity index (χ0v) is 8.05. The number of anilines is 1. The SMILES string of the molecule is CC(F)CCNc1ccnc(Cl)n1. The molecule has 0 spiro atoms. The Kier molecular flexibility index (Phi) is 3.89. The molecule has 13 heavy (non-hydrogen) atoms. The van der Waals surface area contributed by atoms with E-state index in [0.29, 0.717) is 18.8 Å². The standard InChI is InChI=1S/C8H11ClFN3/c1-6(10)2-4-11-7-3-5-12-8(9)13-7/h3,5-6H,2,4H2,1H3,(H,11,12,13). The highest BCUT2D eigenvalue weighted by Gasteiger charge is 1.98. The number of nitrogens with zero attached hydrogens (tertiary/aromatic N) is 2. The lowest BCUT2D eigenvalue weighted by Gasteiger charge is -2.05. The highest BCUT2D eigenvalue weighted by atomic mass is 35.5. The largest absolute Gasteiger partial charge is 0.370 e. The number of nitrogens with one attached hydrogen (secondary N) is 1. The molecule has 1 aromatic heterocycles. The van der Waals surface area contributed by atoms with E-state index >= 15 is 0 Å². The first-order chi connectivity index (χ1) is 6.18. The number of hydrogen-bond acceptors (Lipinski definition) is 3. The number of rotatable bonds is 4. The zero-order chi connectivity index (χ0) is 9.68. The van der Waals surface area contributed by atoms with E-state index in [1.807, 2.05) is 0 Å². The summed E-state index contributed by atoms with van der Waals surface area (Å²) in [5.74, 6) is 0.626. The van der Waals surface area contributed by atoms with E-state index in [1.165, 1.54) is 6.92 Å². The average Bonchev–Trinajstić information content (AvgIpc) is 2.03. The first kappa shape index (κ1) is 10.2. The van der Waals surface area contributed by atoms with Crippen LogP contribution < -0.4 is 5.32 Å². The molecule has 0 aliphatic rings. The molecule has 3 nitrogen and oxygen atoms in total. The number of alkyl halides is 1. The van der Waals surface area contributed by atoms with Gasteiger partial charge < -0.3 is 5.32 Å². The fourth-order valence-corrected chi connectivity index (χ4v) is 0.980. The number of halogens is 2. The lowest BCUT2D eigenvalue weighted by Crippen LogP contribution is -2.07. The van der Waals surface area contributed by atoms with Crippen molar-refractivity contribution in [1.82, 2.24) is 9.97 Å². The van der Waals surface area contributed by atoms with Gasteiger partial charge in [-0.15, -0.1) is 0 Å². The van der Waals surface area contributed by atoms with Crippen molar-refractivity contribution in [1.29, 1.82) is 0 Å². The Bertz CT molecular complexity index is 267. The lowest BCUT2D eigenvalue weighted by atomic mass is 10.3. The molecule has 5 heteroatoms. The number of hydrogen-bond donors (Lipinski definition) is 1. The molecule has 0 aliphatic carbocycles. The summed E-state index contributed by atoms with van der Waals surface area (Å²) in [7, 11) is 0. The van der Waals surface area contributed by atoms with E-state index in [4.69, 9.17) is 11.6 Å². The topological polar surface area (TPSA) is 37.8 Å². The van der Waals surface area contributed by atoms with Gasteiger partial charge in [0.05, 0.1) is 6.17 Å². The van der Waals surface area contributed by atoms with Crippen LogP contribution in [0.2, 0.25) is 5.28 Å². The molecular formula is C8H11ClFN3. The van der Waals surface area contributed by atoms with Crippen LogP contribution in [0, 0.1) is 0 Å². The maximum atomic E-state index is 12.4. The van der Waals surface area contributed by atoms with Crippen molar-refractivity contribution in [2.45, 2.75) is 19.5 Å². The fourth-order valence-electron chi connectivity index (χ4n) is 0.832. The predicted molar refractivity (Wildman–Crippen MR) is 50.7 cm³/mol. The van der Waals surface area contributed by atoms with E-state index in [2.05, 4.69) is 15.3 Å². The molecule has 1 atom stereocenters. The van der Waals surface area contributed by atoms with E-state index in [0.717, 1.165) is 0 Å². The van der Waals surface area contributed by atoms with Crippen LogP contribution in [0.4, 0.5) is 10.2 Å². The van der Waals surface area contributed by atoms with Gasteiger partial charge in [-0.1, -0.05) is 0 Å². The minimum absolute atomic E-state index is 0.193. The highest BCUT2D eigenvalue weighted by molar-refractivity contribution is 6.28. The monoisotopic (exact) mass is 203 g/mol. The quantitative estimate of drug-likeness (QED) is 0.763. The maximum absolute atomic E-state index is 12.4. The van der Waals surface area contributed by atoms with Gasteiger partial charge >= 0.3 is 0 Å². The van der Waals surface area contributed by atoms with Crippen molar-refractivity contribution in [2.75, 3.05) is 11.9 Å². The Labute approximate surface area is 81.3 Å². The minimum atomic E-state index is -0.801. The van der Waals surface area contributed by atoms with Crippen LogP contribution in [0.15, 0.2) is 12.3 Å². The molecule has 0 radical (unpaired) electrons. The minimum Gasteiger partial charge on any atom is -0.370 e. The van der Waals surface area contributed by atoms with E-state index in [-0.39, 0.29) is 5.28 Å². The molecule has 1 unspecified atom stereocenters. The van der Waals surface area contributed by atoms with Crippen LogP contribution in [0.25, 0.3) is 0 Å². The lowest BCUT2D eigenvalue weighted by molar-refractivity contribution is 0.348. The van der Waals surface area contributed by atoms with Crippen molar-refractivity contribution >= 4 is 17.4 Å². The molecule has 0 fully saturated rings. The molecule has 72 valence electrons. The summed E-state index contributed by atoms with van der Waals surface area (Å²) in [6.45, 7) is 2.07. The van der Waals surface area contributed by atoms with Crippen molar-refractivity contribution in [2.24, 2.45) is 0 Å². The average molecular weight is 204 g/mol. The Morgan fingerprint density at radius 2 is 2.46 bits per heavy atom. The molecule has 1 heterocycles. The second-order valence-corrected chi connectivity index (χ2v) is 3.05. The van der Waals surface area contributed by atoms with Crippen molar-refractivity contribution in [3.63, 3.8) is 0 Å². The molecule has 0 amide bonds. The fraction of sp³-hybridized carbons (Fsp3) is 0.500. The van der Waals surface area contributed by atoms with Crippen LogP contribution in [-0.2, 0) is 0 Å². The van der Waals surface area contributed by atoms with Crippen LogP contribution >= 0.6 is 11.6 Å². The van der Waals surface area contributed by atoms with E-state index in [9.17, 15) is 4.39 Å². The van der Waals surface area contributed by atoms with Gasteiger partial charge in [-0.25, -0.2) is 14.4 Å². The third-order valence-corrected chi connectivity index (χ3v) is 1.66. The summed E-state index contributed by atoms with van der Waals surface area (Å²) in [6, 6.07) is 1.69. The summed E-state index contributed by atoms with van der Waals surface area (Å²) >= 11 is 5.55. The second-order valence-electron chi connectivity index (χ2n) is 2.71. The summed E-state index contributed by atoms with van der Waals surface area (Å²) < 4.78 is 12.4. The Balaban J connectivity index is 2.37. The summed E-state index contributed by atoms with van der Waals surface area (Å²) in [4.78, 5) is 7.61. The van der Waals surface area contributed by atoms with Crippen LogP contribution in [0.1, 0.15) is 13.3 Å². The molecule has 0 saturated carbocycles. The highest BCUT2D eigenvalue weighted by Crippen LogP contribution is 2.06. The Hall–Kier alpha value is -0.900. The smallest absolute Gasteiger partial charge is 0.224 e. The molecule has 1 N–H and O–H groups in total. The van der Waals surface area contributed by atoms with Gasteiger partial charge in [0.25, 0.3) is 0 Å². The summed E-state index contributed by atoms with van der Waals surface area (Å²) in [5, 5.41) is 3.13. The van der Waals surface area contributed by atoms with Gasteiger partial charge in [-0.05, 0) is 31.0 Å². The Morgan fingerprint density at radius 1 is 1.69 bits per heavy atom. The zero-order valence-electron chi connectivity index (χ0n) is 7.30. The third-order valence-electron chi connectivity index (χ3n) is 1.47. The van der Waals surface area contributed by atoms with Gasteiger partial charge in [0.15, 0.2) is 0 Å². The molecule has 0 saturated heterocycles. The summed E-state index contributed by atoms with van der Waals surface area (Å²) in [6.07, 6.45) is 1.21. The molecule has 0 bridgehead atoms. The first-order valence-corrected chi connectivity index (χ1v) is 4.43. The molecular weight excluding hydrogens is 193 g/mol. The van der Waals surface area contributed by atoms with E-state index < -0.39 is 6.17 Å². The van der Waals surface area contributed by atoms with Crippen LogP contribution in [0.5, 0.6) is 0 Å². The second kappa shape index (κ2) is 4.97. The predicted octanol–water partition coefficient (Wildman–Crippen LogP) is 2.29. The summed E-state index contributed by atoms with van der Waals surface area (Å²) in [5.41, 5.74) is 0. The first-order valence-electron chi connectivity index (χ1n) is 4.05. The van der Waals surface area contributed by atoms with Crippen LogP contribution in [-0.4, -0.2) is 22.7 Å². The van der Waals surface area contributed by atoms with Gasteiger partial charge in [0.1, 0.15) is 5.82 Å². The Morgan fingerprint density at radius 3 is 3.08 bits per heavy atom. The van der Waals surface area contributed by atoms with Gasteiger partial charge in [0.2, 0.25) is 5.28 Å².